The van der Waals surface area contributed by atoms with Gasteiger partial charge >= 0.3 is 0 Å². The van der Waals surface area contributed by atoms with E-state index in [1.165, 1.54) is 11.0 Å². The molecule has 0 saturated carbocycles. The number of amides is 1. The zero-order valence-electron chi connectivity index (χ0n) is 12.4. The van der Waals surface area contributed by atoms with Gasteiger partial charge in [-0.2, -0.15) is 0 Å². The van der Waals surface area contributed by atoms with Gasteiger partial charge in [0.15, 0.2) is 6.10 Å². The van der Waals surface area contributed by atoms with E-state index in [4.69, 9.17) is 10.5 Å². The van der Waals surface area contributed by atoms with Crippen molar-refractivity contribution < 1.29 is 19.0 Å². The summed E-state index contributed by atoms with van der Waals surface area (Å²) in [6, 6.07) is 11.3. The van der Waals surface area contributed by atoms with Crippen LogP contribution in [0.4, 0.5) is 15.8 Å². The highest BCUT2D eigenvalue weighted by molar-refractivity contribution is 6.00. The average Bonchev–Trinajstić information content (AvgIpc) is 2.54. The minimum absolute atomic E-state index is 0.122. The lowest BCUT2D eigenvalue weighted by molar-refractivity contribution is -0.126. The normalized spacial score (nSPS) is 16.9. The molecule has 1 aliphatic rings. The third-order valence-corrected chi connectivity index (χ3v) is 3.77. The Kier molecular flexibility index (Phi) is 4.16. The van der Waals surface area contributed by atoms with Crippen molar-refractivity contribution in [3.8, 4) is 5.75 Å². The van der Waals surface area contributed by atoms with Gasteiger partial charge in [0.1, 0.15) is 11.6 Å². The first-order valence-electron chi connectivity index (χ1n) is 7.32. The molecule has 2 aromatic rings. The number of hydrogen-bond acceptors (Lipinski definition) is 4. The molecule has 6 heteroatoms. The summed E-state index contributed by atoms with van der Waals surface area (Å²) in [6.07, 6.45) is -0.716. The van der Waals surface area contributed by atoms with Gasteiger partial charge < -0.3 is 20.5 Å². The smallest absolute Gasteiger partial charge is 0.268 e. The topological polar surface area (TPSA) is 75.8 Å². The molecule has 1 heterocycles. The molecule has 2 aromatic carbocycles. The number of aliphatic hydroxyl groups excluding tert-OH is 1. The fraction of sp³-hybridized carbons (Fsp3) is 0.235. The third-order valence-electron chi connectivity index (χ3n) is 3.77. The van der Waals surface area contributed by atoms with Crippen LogP contribution >= 0.6 is 0 Å². The van der Waals surface area contributed by atoms with Gasteiger partial charge in [-0.25, -0.2) is 4.39 Å². The zero-order valence-corrected chi connectivity index (χ0v) is 12.4. The van der Waals surface area contributed by atoms with E-state index < -0.39 is 6.10 Å². The van der Waals surface area contributed by atoms with Gasteiger partial charge in [-0.05, 0) is 29.8 Å². The Bertz CT molecular complexity index is 736. The van der Waals surface area contributed by atoms with E-state index in [0.29, 0.717) is 22.7 Å². The molecule has 3 N–H and O–H groups in total. The second-order valence-electron chi connectivity index (χ2n) is 5.34. The van der Waals surface area contributed by atoms with Gasteiger partial charge in [-0.15, -0.1) is 0 Å². The molecule has 0 bridgehead atoms. The molecule has 5 nitrogen and oxygen atoms in total. The van der Waals surface area contributed by atoms with Crippen LogP contribution in [0.5, 0.6) is 5.75 Å². The van der Waals surface area contributed by atoms with Crippen molar-refractivity contribution in [2.75, 3.05) is 23.8 Å². The fourth-order valence-corrected chi connectivity index (χ4v) is 2.66. The van der Waals surface area contributed by atoms with Gasteiger partial charge in [0.25, 0.3) is 5.91 Å². The Hall–Kier alpha value is -2.60. The number of nitrogens with two attached hydrogens (primary N) is 1. The first-order chi connectivity index (χ1) is 11.1. The molecule has 0 saturated heterocycles. The fourth-order valence-electron chi connectivity index (χ4n) is 2.66. The maximum absolute atomic E-state index is 13.8. The van der Waals surface area contributed by atoms with Crippen molar-refractivity contribution in [1.82, 2.24) is 0 Å². The highest BCUT2D eigenvalue weighted by atomic mass is 19.1. The number of aliphatic hydroxyl groups is 1. The Morgan fingerprint density at radius 3 is 2.78 bits per heavy atom. The SMILES string of the molecule is Nc1ccc2c(c1)N(CCO)C(=O)C(Cc1ccccc1F)O2. The lowest BCUT2D eigenvalue weighted by Gasteiger charge is -2.34. The van der Waals surface area contributed by atoms with Crippen molar-refractivity contribution in [3.63, 3.8) is 0 Å². The van der Waals surface area contributed by atoms with Crippen molar-refractivity contribution in [2.45, 2.75) is 12.5 Å². The first-order valence-corrected chi connectivity index (χ1v) is 7.32. The molecule has 1 aliphatic heterocycles. The molecule has 0 radical (unpaired) electrons. The molecule has 0 fully saturated rings. The number of hydrogen-bond donors (Lipinski definition) is 2. The summed E-state index contributed by atoms with van der Waals surface area (Å²) in [5.74, 6) is -0.199. The van der Waals surface area contributed by atoms with Crippen LogP contribution in [0.25, 0.3) is 0 Å². The van der Waals surface area contributed by atoms with Crippen LogP contribution in [0.3, 0.4) is 0 Å². The molecule has 1 amide bonds. The minimum atomic E-state index is -0.838. The van der Waals surface area contributed by atoms with Crippen molar-refractivity contribution in [2.24, 2.45) is 0 Å². The van der Waals surface area contributed by atoms with Gasteiger partial charge in [0, 0.05) is 18.7 Å². The second-order valence-corrected chi connectivity index (χ2v) is 5.34. The molecule has 3 rings (SSSR count). The predicted octanol–water partition coefficient (Wildman–Crippen LogP) is 1.74. The van der Waals surface area contributed by atoms with Crippen molar-refractivity contribution in [1.29, 1.82) is 0 Å². The lowest BCUT2D eigenvalue weighted by atomic mass is 10.0. The Balaban J connectivity index is 1.93. The predicted molar refractivity (Wildman–Crippen MR) is 84.8 cm³/mol. The number of halogens is 1. The number of ether oxygens (including phenoxy) is 1. The Labute approximate surface area is 133 Å². The summed E-state index contributed by atoms with van der Waals surface area (Å²) < 4.78 is 19.6. The molecule has 0 spiro atoms. The molecular weight excluding hydrogens is 299 g/mol. The summed E-state index contributed by atoms with van der Waals surface area (Å²) in [6.45, 7) is -0.0567. The molecule has 120 valence electrons. The van der Waals surface area contributed by atoms with Gasteiger partial charge in [-0.1, -0.05) is 18.2 Å². The summed E-state index contributed by atoms with van der Waals surface area (Å²) in [7, 11) is 0. The average molecular weight is 316 g/mol. The van der Waals surface area contributed by atoms with Gasteiger partial charge in [0.05, 0.1) is 12.3 Å². The highest BCUT2D eigenvalue weighted by Crippen LogP contribution is 2.36. The number of anilines is 2. The van der Waals surface area contributed by atoms with Crippen LogP contribution in [-0.2, 0) is 11.2 Å². The lowest BCUT2D eigenvalue weighted by Crippen LogP contribution is -2.48. The monoisotopic (exact) mass is 316 g/mol. The van der Waals surface area contributed by atoms with E-state index in [1.54, 1.807) is 36.4 Å². The van der Waals surface area contributed by atoms with E-state index in [2.05, 4.69) is 0 Å². The number of nitrogen functional groups attached to an aromatic ring is 1. The van der Waals surface area contributed by atoms with E-state index in [9.17, 15) is 14.3 Å². The number of benzene rings is 2. The van der Waals surface area contributed by atoms with E-state index in [1.807, 2.05) is 0 Å². The number of rotatable bonds is 4. The van der Waals surface area contributed by atoms with Gasteiger partial charge in [-0.3, -0.25) is 4.79 Å². The van der Waals surface area contributed by atoms with Crippen LogP contribution < -0.4 is 15.4 Å². The second kappa shape index (κ2) is 6.26. The maximum Gasteiger partial charge on any atom is 0.268 e. The summed E-state index contributed by atoms with van der Waals surface area (Å²) in [5.41, 5.74) is 7.19. The van der Waals surface area contributed by atoms with Crippen LogP contribution in [0, 0.1) is 5.82 Å². The number of β-amino-alcohol motifs (C(OH)–C–C–N with tert-alkyl or cyclic N) is 1. The van der Waals surface area contributed by atoms with E-state index in [0.717, 1.165) is 0 Å². The number of carbonyl (C=O) groups is 1. The summed E-state index contributed by atoms with van der Waals surface area (Å²) >= 11 is 0. The minimum Gasteiger partial charge on any atom is -0.478 e. The maximum atomic E-state index is 13.8. The van der Waals surface area contributed by atoms with Crippen molar-refractivity contribution >= 4 is 17.3 Å². The van der Waals surface area contributed by atoms with Crippen molar-refractivity contribution in [3.05, 3.63) is 53.8 Å². The van der Waals surface area contributed by atoms with Crippen LogP contribution in [0.15, 0.2) is 42.5 Å². The standard InChI is InChI=1S/C17H17FN2O3/c18-13-4-2-1-3-11(13)9-16-17(22)20(7-8-21)14-10-12(19)5-6-15(14)23-16/h1-6,10,16,21H,7-9,19H2. The quantitative estimate of drug-likeness (QED) is 0.843. The molecule has 1 unspecified atom stereocenters. The largest absolute Gasteiger partial charge is 0.478 e. The summed E-state index contributed by atoms with van der Waals surface area (Å²) in [4.78, 5) is 14.1. The molecule has 0 aromatic heterocycles. The zero-order chi connectivity index (χ0) is 16.4. The molecule has 0 aliphatic carbocycles. The summed E-state index contributed by atoms with van der Waals surface area (Å²) in [5, 5.41) is 9.23. The van der Waals surface area contributed by atoms with Crippen LogP contribution in [0.2, 0.25) is 0 Å². The highest BCUT2D eigenvalue weighted by Gasteiger charge is 2.34. The van der Waals surface area contributed by atoms with E-state index >= 15 is 0 Å². The molecule has 23 heavy (non-hydrogen) atoms. The number of carbonyl (C=O) groups excluding carboxylic acids is 1. The Morgan fingerprint density at radius 1 is 1.26 bits per heavy atom. The Morgan fingerprint density at radius 2 is 2.04 bits per heavy atom. The van der Waals surface area contributed by atoms with Crippen LogP contribution in [-0.4, -0.2) is 30.3 Å². The van der Waals surface area contributed by atoms with Crippen LogP contribution in [0.1, 0.15) is 5.56 Å². The third kappa shape index (κ3) is 2.98. The first kappa shape index (κ1) is 15.3. The van der Waals surface area contributed by atoms with E-state index in [-0.39, 0.29) is 31.3 Å². The molecular formula is C17H17FN2O3. The number of fused-ring (bicyclic) bond motifs is 1. The van der Waals surface area contributed by atoms with Gasteiger partial charge in [0.2, 0.25) is 0 Å². The number of nitrogens with zero attached hydrogens (tertiary/aromatic N) is 1. The molecule has 1 atom stereocenters.